The van der Waals surface area contributed by atoms with Gasteiger partial charge >= 0.3 is 0 Å². The van der Waals surface area contributed by atoms with Gasteiger partial charge in [0.05, 0.1) is 17.9 Å². The summed E-state index contributed by atoms with van der Waals surface area (Å²) in [4.78, 5) is 28.6. The molecule has 0 unspecified atom stereocenters. The third-order valence-electron chi connectivity index (χ3n) is 6.54. The number of fused-ring (bicyclic) bond motifs is 1. The molecule has 1 aliphatic heterocycles. The average molecular weight is 483 g/mol. The van der Waals surface area contributed by atoms with Crippen LogP contribution in [0.15, 0.2) is 78.9 Å². The summed E-state index contributed by atoms with van der Waals surface area (Å²) in [5.74, 6) is -1.20. The van der Waals surface area contributed by atoms with E-state index in [-0.39, 0.29) is 11.6 Å². The summed E-state index contributed by atoms with van der Waals surface area (Å²) in [6.45, 7) is 4.58. The van der Waals surface area contributed by atoms with E-state index in [9.17, 15) is 14.0 Å². The second-order valence-electron chi connectivity index (χ2n) is 9.11. The molecule has 1 atom stereocenters. The maximum atomic E-state index is 14.2. The number of benzene rings is 3. The first-order valence-corrected chi connectivity index (χ1v) is 12.0. The first-order chi connectivity index (χ1) is 17.4. The summed E-state index contributed by atoms with van der Waals surface area (Å²) in [7, 11) is 0. The molecule has 2 heterocycles. The van der Waals surface area contributed by atoms with Crippen LogP contribution in [0.2, 0.25) is 0 Å². The molecule has 2 amide bonds. The largest absolute Gasteiger partial charge is 0.322 e. The topological polar surface area (TPSA) is 67.2 Å². The van der Waals surface area contributed by atoms with Crippen molar-refractivity contribution in [2.75, 3.05) is 10.2 Å². The van der Waals surface area contributed by atoms with Gasteiger partial charge in [-0.15, -0.1) is 0 Å². The summed E-state index contributed by atoms with van der Waals surface area (Å²) in [6.07, 6.45) is 1.09. The smallest absolute Gasteiger partial charge is 0.259 e. The highest BCUT2D eigenvalue weighted by Gasteiger charge is 2.36. The molecule has 0 fully saturated rings. The van der Waals surface area contributed by atoms with Gasteiger partial charge in [0.1, 0.15) is 11.9 Å². The van der Waals surface area contributed by atoms with Crippen molar-refractivity contribution in [3.05, 3.63) is 113 Å². The number of rotatable bonds is 5. The van der Waals surface area contributed by atoms with Crippen molar-refractivity contribution in [3.8, 4) is 0 Å². The van der Waals surface area contributed by atoms with Crippen LogP contribution in [0.1, 0.15) is 39.3 Å². The molecular formula is C29H27FN4O2. The lowest BCUT2D eigenvalue weighted by Gasteiger charge is -2.36. The van der Waals surface area contributed by atoms with Gasteiger partial charge in [0.25, 0.3) is 5.91 Å². The number of hydrogen-bond acceptors (Lipinski definition) is 3. The Balaban J connectivity index is 1.42. The number of anilines is 2. The minimum Gasteiger partial charge on any atom is -0.322 e. The molecule has 182 valence electrons. The molecule has 0 bridgehead atoms. The third-order valence-corrected chi connectivity index (χ3v) is 6.54. The summed E-state index contributed by atoms with van der Waals surface area (Å²) in [5, 5.41) is 7.17. The van der Waals surface area contributed by atoms with Crippen molar-refractivity contribution in [2.45, 2.75) is 39.3 Å². The Hall–Kier alpha value is -4.26. The lowest BCUT2D eigenvalue weighted by molar-refractivity contribution is -0.117. The molecule has 1 aliphatic rings. The van der Waals surface area contributed by atoms with Crippen molar-refractivity contribution < 1.29 is 14.0 Å². The second kappa shape index (κ2) is 9.77. The predicted octanol–water partition coefficient (Wildman–Crippen LogP) is 5.29. The Morgan fingerprint density at radius 1 is 1.00 bits per heavy atom. The van der Waals surface area contributed by atoms with Crippen LogP contribution in [0.5, 0.6) is 0 Å². The Kier molecular flexibility index (Phi) is 6.38. The lowest BCUT2D eigenvalue weighted by Crippen LogP contribution is -2.50. The summed E-state index contributed by atoms with van der Waals surface area (Å²) in [6, 6.07) is 22.3. The number of amides is 2. The maximum absolute atomic E-state index is 14.2. The van der Waals surface area contributed by atoms with Gasteiger partial charge in [-0.2, -0.15) is 5.10 Å². The first-order valence-electron chi connectivity index (χ1n) is 12.0. The van der Waals surface area contributed by atoms with E-state index in [1.54, 1.807) is 29.2 Å². The van der Waals surface area contributed by atoms with Crippen molar-refractivity contribution in [1.29, 1.82) is 0 Å². The van der Waals surface area contributed by atoms with E-state index in [0.29, 0.717) is 30.6 Å². The lowest BCUT2D eigenvalue weighted by atomic mass is 9.94. The Morgan fingerprint density at radius 2 is 1.72 bits per heavy atom. The van der Waals surface area contributed by atoms with Crippen LogP contribution in [0.25, 0.3) is 0 Å². The minimum absolute atomic E-state index is 0.0993. The molecule has 1 N–H and O–H groups in total. The number of aryl methyl sites for hydroxylation is 3. The van der Waals surface area contributed by atoms with Crippen LogP contribution >= 0.6 is 0 Å². The molecule has 3 aromatic carbocycles. The summed E-state index contributed by atoms with van der Waals surface area (Å²) >= 11 is 0. The molecule has 0 aliphatic carbocycles. The zero-order valence-electron chi connectivity index (χ0n) is 20.2. The third kappa shape index (κ3) is 4.64. The van der Waals surface area contributed by atoms with E-state index in [1.807, 2.05) is 61.0 Å². The number of halogens is 1. The van der Waals surface area contributed by atoms with E-state index in [0.717, 1.165) is 22.5 Å². The van der Waals surface area contributed by atoms with Gasteiger partial charge in [-0.25, -0.2) is 4.39 Å². The van der Waals surface area contributed by atoms with E-state index in [4.69, 9.17) is 0 Å². The van der Waals surface area contributed by atoms with Gasteiger partial charge in [0, 0.05) is 16.9 Å². The monoisotopic (exact) mass is 482 g/mol. The molecule has 7 heteroatoms. The molecule has 0 saturated heterocycles. The van der Waals surface area contributed by atoms with Crippen LogP contribution in [0.3, 0.4) is 0 Å². The van der Waals surface area contributed by atoms with Gasteiger partial charge in [0.2, 0.25) is 5.91 Å². The highest BCUT2D eigenvalue weighted by molar-refractivity contribution is 6.12. The Labute approximate surface area is 209 Å². The molecular weight excluding hydrogens is 455 g/mol. The van der Waals surface area contributed by atoms with Crippen molar-refractivity contribution in [2.24, 2.45) is 0 Å². The Bertz CT molecular complexity index is 1430. The van der Waals surface area contributed by atoms with Crippen LogP contribution in [-0.4, -0.2) is 27.6 Å². The highest BCUT2D eigenvalue weighted by Crippen LogP contribution is 2.33. The summed E-state index contributed by atoms with van der Waals surface area (Å²) in [5.41, 5.74) is 5.33. The molecule has 36 heavy (non-hydrogen) atoms. The molecule has 1 aromatic heterocycles. The molecule has 0 saturated carbocycles. The van der Waals surface area contributed by atoms with Crippen molar-refractivity contribution >= 4 is 23.2 Å². The van der Waals surface area contributed by atoms with Crippen LogP contribution < -0.4 is 10.2 Å². The first kappa shape index (κ1) is 23.5. The van der Waals surface area contributed by atoms with Gasteiger partial charge in [-0.3, -0.25) is 19.2 Å². The number of para-hydroxylation sites is 2. The van der Waals surface area contributed by atoms with E-state index in [2.05, 4.69) is 10.4 Å². The van der Waals surface area contributed by atoms with Crippen LogP contribution in [0, 0.1) is 19.7 Å². The Morgan fingerprint density at radius 3 is 2.44 bits per heavy atom. The highest BCUT2D eigenvalue weighted by atomic mass is 19.1. The van der Waals surface area contributed by atoms with E-state index >= 15 is 0 Å². The van der Waals surface area contributed by atoms with Gasteiger partial charge in [-0.05, 0) is 74.2 Å². The zero-order chi connectivity index (χ0) is 25.2. The number of hydrogen-bond donors (Lipinski definition) is 1. The SMILES string of the molecule is Cc1cc(C)n(Cc2ccc(C(=O)N3c4ccccc4CC[C@@H]3C(=O)Nc3ccccc3F)cc2)n1. The summed E-state index contributed by atoms with van der Waals surface area (Å²) < 4.78 is 16.1. The fraction of sp³-hybridized carbons (Fsp3) is 0.207. The van der Waals surface area contributed by atoms with Crippen molar-refractivity contribution in [3.63, 3.8) is 0 Å². The number of nitrogens with one attached hydrogen (secondary N) is 1. The number of aromatic nitrogens is 2. The molecule has 5 rings (SSSR count). The maximum Gasteiger partial charge on any atom is 0.259 e. The second-order valence-corrected chi connectivity index (χ2v) is 9.11. The molecule has 6 nitrogen and oxygen atoms in total. The fourth-order valence-electron chi connectivity index (χ4n) is 4.72. The van der Waals surface area contributed by atoms with Gasteiger partial charge < -0.3 is 5.32 Å². The van der Waals surface area contributed by atoms with Gasteiger partial charge in [-0.1, -0.05) is 42.5 Å². The standard InChI is InChI=1S/C29H27FN4O2/c1-19-17-20(2)33(32-19)18-21-11-13-23(14-12-21)29(36)34-26-10-6-3-7-22(26)15-16-27(34)28(35)31-25-9-5-4-8-24(25)30/h3-14,17,27H,15-16,18H2,1-2H3,(H,31,35)/t27-/m1/s1. The molecule has 0 spiro atoms. The quantitative estimate of drug-likeness (QED) is 0.420. The predicted molar refractivity (Wildman–Crippen MR) is 138 cm³/mol. The normalized spacial score (nSPS) is 14.9. The number of carbonyl (C=O) groups excluding carboxylic acids is 2. The van der Waals surface area contributed by atoms with E-state index < -0.39 is 17.8 Å². The molecule has 4 aromatic rings. The van der Waals surface area contributed by atoms with Crippen LogP contribution in [-0.2, 0) is 17.8 Å². The van der Waals surface area contributed by atoms with Crippen LogP contribution in [0.4, 0.5) is 15.8 Å². The molecule has 0 radical (unpaired) electrons. The van der Waals surface area contributed by atoms with E-state index in [1.165, 1.54) is 12.1 Å². The van der Waals surface area contributed by atoms with Crippen molar-refractivity contribution in [1.82, 2.24) is 9.78 Å². The number of nitrogens with zero attached hydrogens (tertiary/aromatic N) is 3. The average Bonchev–Trinajstić information content (AvgIpc) is 3.20. The fourth-order valence-corrected chi connectivity index (χ4v) is 4.72. The number of carbonyl (C=O) groups is 2. The minimum atomic E-state index is -0.763. The zero-order valence-corrected chi connectivity index (χ0v) is 20.2. The van der Waals surface area contributed by atoms with Gasteiger partial charge in [0.15, 0.2) is 0 Å².